The minimum absolute atomic E-state index is 0.939. The first-order chi connectivity index (χ1) is 9.29. The molecule has 1 nitrogen and oxygen atoms in total. The summed E-state index contributed by atoms with van der Waals surface area (Å²) in [6, 6.07) is 15.4. The monoisotopic (exact) mass is 267 g/mol. The number of hydrogen-bond acceptors (Lipinski definition) is 2. The Labute approximate surface area is 117 Å². The molecule has 3 rings (SSSR count). The third kappa shape index (κ3) is 2.29. The second-order valence-electron chi connectivity index (χ2n) is 4.81. The van der Waals surface area contributed by atoms with Crippen molar-refractivity contribution in [2.45, 2.75) is 13.5 Å². The van der Waals surface area contributed by atoms with Crippen molar-refractivity contribution in [3.05, 3.63) is 58.3 Å². The van der Waals surface area contributed by atoms with E-state index in [1.807, 2.05) is 18.4 Å². The van der Waals surface area contributed by atoms with Crippen LogP contribution in [0.1, 0.15) is 10.4 Å². The summed E-state index contributed by atoms with van der Waals surface area (Å²) in [4.78, 5) is 1.38. The summed E-state index contributed by atoms with van der Waals surface area (Å²) in [5.41, 5.74) is 4.00. The van der Waals surface area contributed by atoms with Crippen LogP contribution in [-0.4, -0.2) is 7.05 Å². The molecule has 3 aromatic rings. The van der Waals surface area contributed by atoms with E-state index in [1.54, 1.807) is 0 Å². The Bertz CT molecular complexity index is 712. The van der Waals surface area contributed by atoms with Gasteiger partial charge in [0.25, 0.3) is 0 Å². The Morgan fingerprint density at radius 2 is 1.84 bits per heavy atom. The highest BCUT2D eigenvalue weighted by atomic mass is 32.1. The topological polar surface area (TPSA) is 12.0 Å². The number of benzene rings is 2. The van der Waals surface area contributed by atoms with Crippen LogP contribution >= 0.6 is 11.3 Å². The largest absolute Gasteiger partial charge is 0.315 e. The van der Waals surface area contributed by atoms with Crippen molar-refractivity contribution in [3.63, 3.8) is 0 Å². The van der Waals surface area contributed by atoms with E-state index in [1.165, 1.54) is 32.3 Å². The fourth-order valence-corrected chi connectivity index (χ4v) is 3.39. The fourth-order valence-electron chi connectivity index (χ4n) is 2.49. The summed E-state index contributed by atoms with van der Waals surface area (Å²) in [5, 5.41) is 8.15. The molecule has 0 atom stereocenters. The van der Waals surface area contributed by atoms with Gasteiger partial charge < -0.3 is 5.32 Å². The van der Waals surface area contributed by atoms with Crippen molar-refractivity contribution in [3.8, 4) is 11.1 Å². The first-order valence-corrected chi connectivity index (χ1v) is 7.38. The van der Waals surface area contributed by atoms with Crippen molar-refractivity contribution >= 4 is 22.1 Å². The van der Waals surface area contributed by atoms with E-state index in [-0.39, 0.29) is 0 Å². The molecule has 0 spiro atoms. The first-order valence-electron chi connectivity index (χ1n) is 6.50. The third-order valence-electron chi connectivity index (χ3n) is 3.46. The van der Waals surface area contributed by atoms with Gasteiger partial charge in [0.15, 0.2) is 0 Å². The predicted molar refractivity (Wildman–Crippen MR) is 84.8 cm³/mol. The molecule has 0 aliphatic heterocycles. The lowest BCUT2D eigenvalue weighted by Crippen LogP contribution is -2.02. The third-order valence-corrected chi connectivity index (χ3v) is 4.39. The molecular formula is C17H17NS. The highest BCUT2D eigenvalue weighted by Gasteiger charge is 2.07. The normalized spacial score (nSPS) is 11.1. The lowest BCUT2D eigenvalue weighted by Gasteiger charge is -2.07. The highest BCUT2D eigenvalue weighted by Crippen LogP contribution is 2.33. The molecule has 2 heteroatoms. The Morgan fingerprint density at radius 1 is 1.05 bits per heavy atom. The molecule has 1 aromatic heterocycles. The zero-order valence-electron chi connectivity index (χ0n) is 11.2. The Kier molecular flexibility index (Phi) is 3.36. The standard InChI is InChI=1S/C17H17NS/c1-12-7-8-16(17-6-4-3-5-15(12)17)13-9-14(10-18-2)19-11-13/h3-9,11,18H,10H2,1-2H3. The van der Waals surface area contributed by atoms with Gasteiger partial charge in [-0.15, -0.1) is 11.3 Å². The smallest absolute Gasteiger partial charge is 0.0296 e. The van der Waals surface area contributed by atoms with Gasteiger partial charge in [0.1, 0.15) is 0 Å². The van der Waals surface area contributed by atoms with Crippen molar-refractivity contribution in [2.24, 2.45) is 0 Å². The van der Waals surface area contributed by atoms with Crippen LogP contribution in [0.15, 0.2) is 47.8 Å². The molecule has 1 N–H and O–H groups in total. The van der Waals surface area contributed by atoms with E-state index in [0.29, 0.717) is 0 Å². The Balaban J connectivity index is 2.16. The quantitative estimate of drug-likeness (QED) is 0.731. The zero-order valence-corrected chi connectivity index (χ0v) is 12.1. The molecule has 1 heterocycles. The van der Waals surface area contributed by atoms with E-state index in [0.717, 1.165) is 6.54 Å². The van der Waals surface area contributed by atoms with Gasteiger partial charge in [-0.2, -0.15) is 0 Å². The number of fused-ring (bicyclic) bond motifs is 1. The Morgan fingerprint density at radius 3 is 2.63 bits per heavy atom. The molecular weight excluding hydrogens is 250 g/mol. The van der Waals surface area contributed by atoms with Crippen molar-refractivity contribution in [1.82, 2.24) is 5.32 Å². The Hall–Kier alpha value is -1.64. The minimum Gasteiger partial charge on any atom is -0.315 e. The van der Waals surface area contributed by atoms with Crippen LogP contribution in [0.4, 0.5) is 0 Å². The number of thiophene rings is 1. The molecule has 0 saturated heterocycles. The van der Waals surface area contributed by atoms with Gasteiger partial charge in [-0.25, -0.2) is 0 Å². The molecule has 0 saturated carbocycles. The van der Waals surface area contributed by atoms with E-state index < -0.39 is 0 Å². The second-order valence-corrected chi connectivity index (χ2v) is 5.80. The van der Waals surface area contributed by atoms with Crippen LogP contribution in [0, 0.1) is 6.92 Å². The van der Waals surface area contributed by atoms with Crippen LogP contribution in [0.25, 0.3) is 21.9 Å². The summed E-state index contributed by atoms with van der Waals surface area (Å²) in [5.74, 6) is 0. The van der Waals surface area contributed by atoms with E-state index in [4.69, 9.17) is 0 Å². The number of nitrogens with one attached hydrogen (secondary N) is 1. The number of hydrogen-bond donors (Lipinski definition) is 1. The molecule has 0 aliphatic carbocycles. The maximum absolute atomic E-state index is 3.21. The summed E-state index contributed by atoms with van der Waals surface area (Å²) < 4.78 is 0. The van der Waals surface area contributed by atoms with Gasteiger partial charge in [0.2, 0.25) is 0 Å². The molecule has 0 bridgehead atoms. The van der Waals surface area contributed by atoms with Gasteiger partial charge in [0.05, 0.1) is 0 Å². The molecule has 96 valence electrons. The van der Waals surface area contributed by atoms with Crippen molar-refractivity contribution in [1.29, 1.82) is 0 Å². The highest BCUT2D eigenvalue weighted by molar-refractivity contribution is 7.10. The van der Waals surface area contributed by atoms with Gasteiger partial charge in [-0.05, 0) is 52.9 Å². The van der Waals surface area contributed by atoms with E-state index >= 15 is 0 Å². The molecule has 2 aromatic carbocycles. The molecule has 0 aliphatic rings. The maximum Gasteiger partial charge on any atom is 0.0296 e. The van der Waals surface area contributed by atoms with Crippen LogP contribution in [0.3, 0.4) is 0 Å². The van der Waals surface area contributed by atoms with E-state index in [9.17, 15) is 0 Å². The maximum atomic E-state index is 3.21. The van der Waals surface area contributed by atoms with Crippen LogP contribution in [0.5, 0.6) is 0 Å². The predicted octanol–water partition coefficient (Wildman–Crippen LogP) is 4.60. The zero-order chi connectivity index (χ0) is 13.2. The summed E-state index contributed by atoms with van der Waals surface area (Å²) >= 11 is 1.82. The molecule has 0 radical (unpaired) electrons. The first kappa shape index (κ1) is 12.4. The minimum atomic E-state index is 0.939. The lowest BCUT2D eigenvalue weighted by molar-refractivity contribution is 0.831. The lowest BCUT2D eigenvalue weighted by atomic mass is 9.97. The van der Waals surface area contributed by atoms with Crippen LogP contribution < -0.4 is 5.32 Å². The van der Waals surface area contributed by atoms with Crippen LogP contribution in [-0.2, 0) is 6.54 Å². The van der Waals surface area contributed by atoms with Crippen molar-refractivity contribution < 1.29 is 0 Å². The summed E-state index contributed by atoms with van der Waals surface area (Å²) in [6.45, 7) is 3.11. The van der Waals surface area contributed by atoms with Gasteiger partial charge in [0, 0.05) is 11.4 Å². The number of aryl methyl sites for hydroxylation is 1. The SMILES string of the molecule is CNCc1cc(-c2ccc(C)c3ccccc23)cs1. The fraction of sp³-hybridized carbons (Fsp3) is 0.176. The van der Waals surface area contributed by atoms with Gasteiger partial charge in [-0.1, -0.05) is 36.4 Å². The van der Waals surface area contributed by atoms with Gasteiger partial charge >= 0.3 is 0 Å². The van der Waals surface area contributed by atoms with Gasteiger partial charge in [-0.3, -0.25) is 0 Å². The molecule has 0 unspecified atom stereocenters. The molecule has 0 amide bonds. The van der Waals surface area contributed by atoms with Crippen LogP contribution in [0.2, 0.25) is 0 Å². The average molecular weight is 267 g/mol. The summed E-state index contributed by atoms with van der Waals surface area (Å²) in [7, 11) is 1.99. The average Bonchev–Trinajstić information content (AvgIpc) is 2.88. The summed E-state index contributed by atoms with van der Waals surface area (Å²) in [6.07, 6.45) is 0. The number of rotatable bonds is 3. The second kappa shape index (κ2) is 5.16. The molecule has 19 heavy (non-hydrogen) atoms. The van der Waals surface area contributed by atoms with E-state index in [2.05, 4.69) is 60.1 Å². The van der Waals surface area contributed by atoms with Crippen molar-refractivity contribution in [2.75, 3.05) is 7.05 Å². The molecule has 0 fully saturated rings.